The third kappa shape index (κ3) is 2.07. The standard InChI is InChI=1S/C17H13ClN2O2/c18-14-3-1-2-11-10(14)4-5-15(11)22-17(21)13-7-9-20-16-12(13)6-8-19-16/h1-3,6-9,15H,4-5H2,(H,19,20). The van der Waals surface area contributed by atoms with Crippen LogP contribution in [-0.2, 0) is 11.2 Å². The van der Waals surface area contributed by atoms with Crippen LogP contribution in [0.2, 0.25) is 5.02 Å². The highest BCUT2D eigenvalue weighted by Crippen LogP contribution is 2.38. The monoisotopic (exact) mass is 312 g/mol. The van der Waals surface area contributed by atoms with Gasteiger partial charge in [-0.25, -0.2) is 9.78 Å². The minimum absolute atomic E-state index is 0.233. The molecule has 0 radical (unpaired) electrons. The number of hydrogen-bond acceptors (Lipinski definition) is 3. The number of ether oxygens (including phenoxy) is 1. The summed E-state index contributed by atoms with van der Waals surface area (Å²) in [6, 6.07) is 9.26. The molecule has 1 aromatic carbocycles. The number of aromatic nitrogens is 2. The molecule has 0 saturated heterocycles. The fourth-order valence-electron chi connectivity index (χ4n) is 3.03. The molecule has 2 heterocycles. The summed E-state index contributed by atoms with van der Waals surface area (Å²) in [7, 11) is 0. The molecule has 4 rings (SSSR count). The SMILES string of the molecule is O=C(OC1CCc2c(Cl)cccc21)c1ccnc2[nH]ccc12. The van der Waals surface area contributed by atoms with E-state index in [1.165, 1.54) is 0 Å². The van der Waals surface area contributed by atoms with E-state index < -0.39 is 0 Å². The number of fused-ring (bicyclic) bond motifs is 2. The van der Waals surface area contributed by atoms with Gasteiger partial charge in [-0.1, -0.05) is 23.7 Å². The number of pyridine rings is 1. The topological polar surface area (TPSA) is 55.0 Å². The summed E-state index contributed by atoms with van der Waals surface area (Å²) in [5, 5.41) is 1.52. The Labute approximate surface area is 132 Å². The van der Waals surface area contributed by atoms with Crippen LogP contribution in [0, 0.1) is 0 Å². The molecule has 1 unspecified atom stereocenters. The molecule has 1 atom stereocenters. The molecule has 1 aliphatic carbocycles. The number of halogens is 1. The molecule has 110 valence electrons. The van der Waals surface area contributed by atoms with Crippen LogP contribution in [0.25, 0.3) is 11.0 Å². The van der Waals surface area contributed by atoms with Crippen molar-refractivity contribution in [3.8, 4) is 0 Å². The first-order chi connectivity index (χ1) is 10.7. The Balaban J connectivity index is 1.64. The molecule has 2 aromatic heterocycles. The lowest BCUT2D eigenvalue weighted by molar-refractivity contribution is 0.0303. The Morgan fingerprint density at radius 1 is 1.32 bits per heavy atom. The van der Waals surface area contributed by atoms with Crippen molar-refractivity contribution >= 4 is 28.6 Å². The second-order valence-corrected chi connectivity index (χ2v) is 5.75. The van der Waals surface area contributed by atoms with Crippen LogP contribution in [0.1, 0.15) is 34.0 Å². The number of rotatable bonds is 2. The summed E-state index contributed by atoms with van der Waals surface area (Å²) < 4.78 is 5.72. The first-order valence-electron chi connectivity index (χ1n) is 7.14. The Bertz CT molecular complexity index is 872. The molecule has 0 saturated carbocycles. The van der Waals surface area contributed by atoms with E-state index in [4.69, 9.17) is 16.3 Å². The van der Waals surface area contributed by atoms with Crippen LogP contribution in [0.15, 0.2) is 42.7 Å². The second-order valence-electron chi connectivity index (χ2n) is 5.34. The van der Waals surface area contributed by atoms with E-state index in [1.807, 2.05) is 24.3 Å². The van der Waals surface area contributed by atoms with Crippen molar-refractivity contribution in [1.82, 2.24) is 9.97 Å². The highest BCUT2D eigenvalue weighted by Gasteiger charge is 2.28. The van der Waals surface area contributed by atoms with Crippen molar-refractivity contribution < 1.29 is 9.53 Å². The lowest BCUT2D eigenvalue weighted by atomic mass is 10.1. The summed E-state index contributed by atoms with van der Waals surface area (Å²) in [4.78, 5) is 19.7. The minimum atomic E-state index is -0.329. The van der Waals surface area contributed by atoms with Crippen LogP contribution in [0.5, 0.6) is 0 Å². The number of carbonyl (C=O) groups is 1. The summed E-state index contributed by atoms with van der Waals surface area (Å²) in [6.07, 6.45) is 4.74. The molecular weight excluding hydrogens is 300 g/mol. The summed E-state index contributed by atoms with van der Waals surface area (Å²) >= 11 is 6.20. The average molecular weight is 313 g/mol. The Kier molecular flexibility index (Phi) is 3.12. The molecular formula is C17H13ClN2O2. The van der Waals surface area contributed by atoms with Crippen molar-refractivity contribution in [3.05, 3.63) is 64.4 Å². The van der Waals surface area contributed by atoms with Gasteiger partial charge in [-0.15, -0.1) is 0 Å². The third-order valence-electron chi connectivity index (χ3n) is 4.09. The third-order valence-corrected chi connectivity index (χ3v) is 4.44. The van der Waals surface area contributed by atoms with Crippen molar-refractivity contribution in [2.45, 2.75) is 18.9 Å². The molecule has 0 amide bonds. The maximum Gasteiger partial charge on any atom is 0.339 e. The predicted molar refractivity (Wildman–Crippen MR) is 84.0 cm³/mol. The van der Waals surface area contributed by atoms with Crippen molar-refractivity contribution in [2.24, 2.45) is 0 Å². The molecule has 0 fully saturated rings. The zero-order valence-electron chi connectivity index (χ0n) is 11.7. The van der Waals surface area contributed by atoms with E-state index in [0.29, 0.717) is 11.2 Å². The van der Waals surface area contributed by atoms with Crippen LogP contribution < -0.4 is 0 Å². The number of nitrogens with zero attached hydrogens (tertiary/aromatic N) is 1. The maximum atomic E-state index is 12.5. The molecule has 22 heavy (non-hydrogen) atoms. The fraction of sp³-hybridized carbons (Fsp3) is 0.176. The molecule has 0 bridgehead atoms. The van der Waals surface area contributed by atoms with Gasteiger partial charge in [0.2, 0.25) is 0 Å². The predicted octanol–water partition coefficient (Wildman–Crippen LogP) is 4.06. The zero-order chi connectivity index (χ0) is 15.1. The molecule has 1 N–H and O–H groups in total. The van der Waals surface area contributed by atoms with Gasteiger partial charge in [0, 0.05) is 22.8 Å². The number of esters is 1. The second kappa shape index (κ2) is 5.14. The number of aromatic amines is 1. The van der Waals surface area contributed by atoms with Gasteiger partial charge in [0.05, 0.1) is 5.56 Å². The summed E-state index contributed by atoms with van der Waals surface area (Å²) in [6.45, 7) is 0. The van der Waals surface area contributed by atoms with Gasteiger partial charge in [-0.2, -0.15) is 0 Å². The quantitative estimate of drug-likeness (QED) is 0.726. The van der Waals surface area contributed by atoms with Gasteiger partial charge in [0.1, 0.15) is 11.8 Å². The van der Waals surface area contributed by atoms with E-state index in [9.17, 15) is 4.79 Å². The van der Waals surface area contributed by atoms with Crippen molar-refractivity contribution in [3.63, 3.8) is 0 Å². The van der Waals surface area contributed by atoms with E-state index in [-0.39, 0.29) is 12.1 Å². The molecule has 4 nitrogen and oxygen atoms in total. The fourth-order valence-corrected chi connectivity index (χ4v) is 3.30. The normalized spacial score (nSPS) is 16.7. The van der Waals surface area contributed by atoms with E-state index in [2.05, 4.69) is 9.97 Å². The lowest BCUT2D eigenvalue weighted by Gasteiger charge is -2.14. The Hall–Kier alpha value is -2.33. The largest absolute Gasteiger partial charge is 0.454 e. The first-order valence-corrected chi connectivity index (χ1v) is 7.52. The number of benzene rings is 1. The first kappa shape index (κ1) is 13.3. The smallest absolute Gasteiger partial charge is 0.339 e. The van der Waals surface area contributed by atoms with E-state index >= 15 is 0 Å². The highest BCUT2D eigenvalue weighted by atomic mass is 35.5. The van der Waals surface area contributed by atoms with Gasteiger partial charge < -0.3 is 9.72 Å². The average Bonchev–Trinajstić information content (AvgIpc) is 3.14. The number of carbonyl (C=O) groups excluding carboxylic acids is 1. The molecule has 0 spiro atoms. The zero-order valence-corrected chi connectivity index (χ0v) is 12.4. The van der Waals surface area contributed by atoms with E-state index in [0.717, 1.165) is 34.4 Å². The van der Waals surface area contributed by atoms with Crippen molar-refractivity contribution in [2.75, 3.05) is 0 Å². The van der Waals surface area contributed by atoms with Crippen LogP contribution in [0.3, 0.4) is 0 Å². The Morgan fingerprint density at radius 3 is 3.14 bits per heavy atom. The van der Waals surface area contributed by atoms with Gasteiger partial charge >= 0.3 is 5.97 Å². The number of hydrogen-bond donors (Lipinski definition) is 1. The molecule has 5 heteroatoms. The molecule has 3 aromatic rings. The Morgan fingerprint density at radius 2 is 2.23 bits per heavy atom. The summed E-state index contributed by atoms with van der Waals surface area (Å²) in [5.41, 5.74) is 3.31. The van der Waals surface area contributed by atoms with Gasteiger partial charge in [0.25, 0.3) is 0 Å². The number of H-pyrrole nitrogens is 1. The van der Waals surface area contributed by atoms with Crippen LogP contribution in [-0.4, -0.2) is 15.9 Å². The number of nitrogens with one attached hydrogen (secondary N) is 1. The lowest BCUT2D eigenvalue weighted by Crippen LogP contribution is -2.10. The van der Waals surface area contributed by atoms with Gasteiger partial charge in [0.15, 0.2) is 0 Å². The minimum Gasteiger partial charge on any atom is -0.454 e. The molecule has 1 aliphatic rings. The molecule has 0 aliphatic heterocycles. The van der Waals surface area contributed by atoms with E-state index in [1.54, 1.807) is 18.5 Å². The summed E-state index contributed by atoms with van der Waals surface area (Å²) in [5.74, 6) is -0.329. The highest BCUT2D eigenvalue weighted by molar-refractivity contribution is 6.31. The van der Waals surface area contributed by atoms with Crippen molar-refractivity contribution in [1.29, 1.82) is 0 Å². The van der Waals surface area contributed by atoms with Crippen LogP contribution >= 0.6 is 11.6 Å². The van der Waals surface area contributed by atoms with Gasteiger partial charge in [-0.05, 0) is 42.2 Å². The van der Waals surface area contributed by atoms with Crippen LogP contribution in [0.4, 0.5) is 0 Å². The van der Waals surface area contributed by atoms with Gasteiger partial charge in [-0.3, -0.25) is 0 Å². The maximum absolute atomic E-state index is 12.5.